The number of benzene rings is 2. The summed E-state index contributed by atoms with van der Waals surface area (Å²) in [7, 11) is 1.31. The van der Waals surface area contributed by atoms with E-state index in [0.29, 0.717) is 50.8 Å². The molecule has 0 aliphatic rings. The smallest absolute Gasteiger partial charge is 0.350 e. The summed E-state index contributed by atoms with van der Waals surface area (Å²) in [6, 6.07) is 16.3. The molecule has 10 heteroatoms. The number of methoxy groups -OCH3 is 1. The number of nitrogens with one attached hydrogen (secondary N) is 1. The standard InChI is InChI=1S/C31H32N4O6/c1-19-23(28(36)38-7)18-35-27(19)26(20(16-32)17-33-35)34-21-12-14-22(15-13-21)39-24-10-8-9-11-25(24)40-31(5,6)29(37)41-30(2,3)4/h8-15,17-18,34H,1-7H3. The minimum Gasteiger partial charge on any atom is -0.472 e. The summed E-state index contributed by atoms with van der Waals surface area (Å²) in [6.07, 6.45) is 3.01. The van der Waals surface area contributed by atoms with Crippen LogP contribution in [0.25, 0.3) is 5.52 Å². The highest BCUT2D eigenvalue weighted by molar-refractivity contribution is 5.97. The normalized spacial score (nSPS) is 11.5. The van der Waals surface area contributed by atoms with Gasteiger partial charge in [0, 0.05) is 11.9 Å². The van der Waals surface area contributed by atoms with Gasteiger partial charge in [-0.05, 0) is 83.5 Å². The third kappa shape index (κ3) is 6.41. The molecule has 2 aromatic carbocycles. The topological polar surface area (TPSA) is 124 Å². The second-order valence-corrected chi connectivity index (χ2v) is 10.8. The second kappa shape index (κ2) is 11.2. The van der Waals surface area contributed by atoms with Crippen molar-refractivity contribution in [1.29, 1.82) is 5.26 Å². The SMILES string of the molecule is COC(=O)c1cn2ncc(C#N)c(Nc3ccc(Oc4ccccc4OC(C)(C)C(=O)OC(C)(C)C)cc3)c2c1C. The Hall–Kier alpha value is -5.04. The molecule has 0 fully saturated rings. The van der Waals surface area contributed by atoms with Gasteiger partial charge in [0.2, 0.25) is 0 Å². The molecular weight excluding hydrogens is 524 g/mol. The maximum absolute atomic E-state index is 12.7. The van der Waals surface area contributed by atoms with Gasteiger partial charge in [0.25, 0.3) is 0 Å². The van der Waals surface area contributed by atoms with E-state index in [1.54, 1.807) is 96.3 Å². The Morgan fingerprint density at radius 3 is 2.27 bits per heavy atom. The van der Waals surface area contributed by atoms with Crippen molar-refractivity contribution in [3.05, 3.63) is 77.6 Å². The fourth-order valence-corrected chi connectivity index (χ4v) is 4.03. The fraction of sp³-hybridized carbons (Fsp3) is 0.290. The van der Waals surface area contributed by atoms with Crippen LogP contribution in [-0.4, -0.2) is 39.9 Å². The molecule has 41 heavy (non-hydrogen) atoms. The quantitative estimate of drug-likeness (QED) is 0.248. The molecule has 4 rings (SSSR count). The molecule has 0 radical (unpaired) electrons. The summed E-state index contributed by atoms with van der Waals surface area (Å²) >= 11 is 0. The van der Waals surface area contributed by atoms with E-state index in [1.165, 1.54) is 17.8 Å². The van der Waals surface area contributed by atoms with Gasteiger partial charge >= 0.3 is 11.9 Å². The number of anilines is 2. The summed E-state index contributed by atoms with van der Waals surface area (Å²) in [5.74, 6) is 0.348. The van der Waals surface area contributed by atoms with E-state index in [9.17, 15) is 14.9 Å². The van der Waals surface area contributed by atoms with Crippen LogP contribution in [0.1, 0.15) is 56.1 Å². The Balaban J connectivity index is 1.57. The Kier molecular flexibility index (Phi) is 7.92. The minimum absolute atomic E-state index is 0.314. The number of hydrogen-bond acceptors (Lipinski definition) is 9. The molecule has 2 heterocycles. The zero-order chi connectivity index (χ0) is 29.9. The Morgan fingerprint density at radius 2 is 1.66 bits per heavy atom. The summed E-state index contributed by atoms with van der Waals surface area (Å²) in [5.41, 5.74) is 1.18. The maximum atomic E-state index is 12.7. The average molecular weight is 557 g/mol. The first-order chi connectivity index (χ1) is 19.3. The van der Waals surface area contributed by atoms with Gasteiger partial charge in [0.05, 0.1) is 35.6 Å². The van der Waals surface area contributed by atoms with E-state index in [4.69, 9.17) is 18.9 Å². The summed E-state index contributed by atoms with van der Waals surface area (Å²) in [4.78, 5) is 24.9. The van der Waals surface area contributed by atoms with Crippen molar-refractivity contribution in [2.75, 3.05) is 12.4 Å². The Labute approximate surface area is 238 Å². The Bertz CT molecular complexity index is 1640. The Morgan fingerprint density at radius 1 is 1.00 bits per heavy atom. The third-order valence-electron chi connectivity index (χ3n) is 6.04. The molecule has 2 aromatic heterocycles. The lowest BCUT2D eigenvalue weighted by molar-refractivity contribution is -0.171. The molecule has 0 amide bonds. The lowest BCUT2D eigenvalue weighted by Crippen LogP contribution is -2.43. The van der Waals surface area contributed by atoms with Gasteiger partial charge in [-0.2, -0.15) is 10.4 Å². The van der Waals surface area contributed by atoms with Gasteiger partial charge in [-0.3, -0.25) is 0 Å². The number of hydrogen-bond donors (Lipinski definition) is 1. The third-order valence-corrected chi connectivity index (χ3v) is 6.04. The monoisotopic (exact) mass is 556 g/mol. The van der Waals surface area contributed by atoms with Crippen molar-refractivity contribution in [3.8, 4) is 23.3 Å². The maximum Gasteiger partial charge on any atom is 0.350 e. The van der Waals surface area contributed by atoms with Crippen molar-refractivity contribution in [2.24, 2.45) is 0 Å². The zero-order valence-corrected chi connectivity index (χ0v) is 24.1. The number of ether oxygens (including phenoxy) is 4. The first kappa shape index (κ1) is 29.0. The van der Waals surface area contributed by atoms with Crippen LogP contribution in [0.3, 0.4) is 0 Å². The number of carbonyl (C=O) groups excluding carboxylic acids is 2. The number of carbonyl (C=O) groups is 2. The van der Waals surface area contributed by atoms with Crippen LogP contribution in [0.15, 0.2) is 60.9 Å². The van der Waals surface area contributed by atoms with Crippen molar-refractivity contribution in [2.45, 2.75) is 52.7 Å². The number of aryl methyl sites for hydroxylation is 1. The van der Waals surface area contributed by atoms with Crippen LogP contribution < -0.4 is 14.8 Å². The molecule has 0 bridgehead atoms. The molecule has 0 saturated carbocycles. The lowest BCUT2D eigenvalue weighted by Gasteiger charge is -2.29. The van der Waals surface area contributed by atoms with Crippen molar-refractivity contribution in [1.82, 2.24) is 9.61 Å². The molecule has 0 aliphatic carbocycles. The molecule has 0 unspecified atom stereocenters. The van der Waals surface area contributed by atoms with E-state index in [-0.39, 0.29) is 0 Å². The molecule has 212 valence electrons. The predicted octanol–water partition coefficient (Wildman–Crippen LogP) is 6.34. The van der Waals surface area contributed by atoms with E-state index in [1.807, 2.05) is 0 Å². The number of nitriles is 1. The van der Waals surface area contributed by atoms with Gasteiger partial charge in [-0.1, -0.05) is 12.1 Å². The van der Waals surface area contributed by atoms with Crippen molar-refractivity contribution in [3.63, 3.8) is 0 Å². The van der Waals surface area contributed by atoms with Crippen molar-refractivity contribution < 1.29 is 28.5 Å². The molecule has 4 aromatic rings. The average Bonchev–Trinajstić information content (AvgIpc) is 3.26. The first-order valence-electron chi connectivity index (χ1n) is 12.9. The first-order valence-corrected chi connectivity index (χ1v) is 12.9. The van der Waals surface area contributed by atoms with Crippen LogP contribution >= 0.6 is 0 Å². The van der Waals surface area contributed by atoms with Gasteiger partial charge in [-0.25, -0.2) is 14.1 Å². The summed E-state index contributed by atoms with van der Waals surface area (Å²) in [5, 5.41) is 17.3. The largest absolute Gasteiger partial charge is 0.472 e. The van der Waals surface area contributed by atoms with E-state index >= 15 is 0 Å². The van der Waals surface area contributed by atoms with Crippen LogP contribution in [0.4, 0.5) is 11.4 Å². The van der Waals surface area contributed by atoms with Gasteiger partial charge in [0.15, 0.2) is 17.1 Å². The number of esters is 2. The van der Waals surface area contributed by atoms with Gasteiger partial charge in [-0.15, -0.1) is 0 Å². The van der Waals surface area contributed by atoms with Crippen LogP contribution in [0, 0.1) is 18.3 Å². The summed E-state index contributed by atoms with van der Waals surface area (Å²) in [6.45, 7) is 10.5. The number of aromatic nitrogens is 2. The molecule has 10 nitrogen and oxygen atoms in total. The van der Waals surface area contributed by atoms with Gasteiger partial charge in [0.1, 0.15) is 17.4 Å². The fourth-order valence-electron chi connectivity index (χ4n) is 4.03. The molecule has 0 saturated heterocycles. The number of para-hydroxylation sites is 2. The van der Waals surface area contributed by atoms with Crippen LogP contribution in [-0.2, 0) is 14.3 Å². The molecule has 0 atom stereocenters. The number of nitrogens with zero attached hydrogens (tertiary/aromatic N) is 3. The highest BCUT2D eigenvalue weighted by atomic mass is 16.6. The van der Waals surface area contributed by atoms with Crippen molar-refractivity contribution >= 4 is 28.8 Å². The molecule has 0 spiro atoms. The minimum atomic E-state index is -1.25. The molecule has 1 N–H and O–H groups in total. The van der Waals surface area contributed by atoms with Crippen LogP contribution in [0.5, 0.6) is 17.2 Å². The number of rotatable bonds is 8. The molecule has 0 aliphatic heterocycles. The highest BCUT2D eigenvalue weighted by Crippen LogP contribution is 2.36. The van der Waals surface area contributed by atoms with E-state index < -0.39 is 23.1 Å². The zero-order valence-electron chi connectivity index (χ0n) is 24.1. The van der Waals surface area contributed by atoms with Crippen LogP contribution in [0.2, 0.25) is 0 Å². The van der Waals surface area contributed by atoms with E-state index in [2.05, 4.69) is 16.5 Å². The van der Waals surface area contributed by atoms with Gasteiger partial charge < -0.3 is 24.3 Å². The molecular formula is C31H32N4O6. The number of fused-ring (bicyclic) bond motifs is 1. The van der Waals surface area contributed by atoms with E-state index in [0.717, 1.165) is 0 Å². The highest BCUT2D eigenvalue weighted by Gasteiger charge is 2.35. The lowest BCUT2D eigenvalue weighted by atomic mass is 10.1. The predicted molar refractivity (Wildman–Crippen MR) is 153 cm³/mol. The second-order valence-electron chi connectivity index (χ2n) is 10.8. The summed E-state index contributed by atoms with van der Waals surface area (Å²) < 4.78 is 24.1.